The van der Waals surface area contributed by atoms with Gasteiger partial charge < -0.3 is 4.57 Å². The number of para-hydroxylation sites is 1. The molecule has 4 rings (SSSR count). The normalized spacial score (nSPS) is 11.1. The van der Waals surface area contributed by atoms with Crippen molar-refractivity contribution >= 4 is 27.5 Å². The number of aryl methyl sites for hydroxylation is 1. The Kier molecular flexibility index (Phi) is 4.40. The van der Waals surface area contributed by atoms with Crippen molar-refractivity contribution in [1.82, 2.24) is 4.57 Å². The van der Waals surface area contributed by atoms with Crippen LogP contribution in [0.15, 0.2) is 85.6 Å². The van der Waals surface area contributed by atoms with Crippen LogP contribution in [0.5, 0.6) is 0 Å². The molecule has 2 heteroatoms. The van der Waals surface area contributed by atoms with Crippen LogP contribution >= 0.6 is 0 Å². The van der Waals surface area contributed by atoms with E-state index in [0.717, 1.165) is 52.2 Å². The highest BCUT2D eigenvalue weighted by atomic mass is 16.1. The largest absolute Gasteiger partial charge is 0.347 e. The number of nitrogens with zero attached hydrogens (tertiary/aromatic N) is 1. The first-order valence-corrected chi connectivity index (χ1v) is 9.01. The van der Waals surface area contributed by atoms with E-state index >= 15 is 0 Å². The van der Waals surface area contributed by atoms with Crippen molar-refractivity contribution in [3.63, 3.8) is 0 Å². The van der Waals surface area contributed by atoms with Crippen molar-refractivity contribution in [3.8, 4) is 0 Å². The number of allylic oxidation sites excluding steroid dienone is 1. The van der Waals surface area contributed by atoms with Crippen LogP contribution in [0, 0.1) is 0 Å². The van der Waals surface area contributed by atoms with Crippen molar-refractivity contribution in [1.29, 1.82) is 0 Å². The van der Waals surface area contributed by atoms with E-state index in [2.05, 4.69) is 17.2 Å². The fourth-order valence-electron chi connectivity index (χ4n) is 3.59. The van der Waals surface area contributed by atoms with Crippen molar-refractivity contribution in [2.24, 2.45) is 0 Å². The Hall–Kier alpha value is -3.13. The Morgan fingerprint density at radius 2 is 1.62 bits per heavy atom. The van der Waals surface area contributed by atoms with Crippen LogP contribution in [0.4, 0.5) is 0 Å². The molecule has 26 heavy (non-hydrogen) atoms. The van der Waals surface area contributed by atoms with E-state index in [1.165, 1.54) is 0 Å². The zero-order valence-electron chi connectivity index (χ0n) is 14.7. The summed E-state index contributed by atoms with van der Waals surface area (Å²) in [6, 6.07) is 22.1. The maximum absolute atomic E-state index is 13.4. The first-order chi connectivity index (χ1) is 12.8. The summed E-state index contributed by atoms with van der Waals surface area (Å²) < 4.78 is 2.19. The van der Waals surface area contributed by atoms with Crippen molar-refractivity contribution in [2.75, 3.05) is 0 Å². The number of ketones is 1. The molecule has 0 saturated carbocycles. The van der Waals surface area contributed by atoms with Gasteiger partial charge in [0, 0.05) is 34.8 Å². The number of carbonyl (C=O) groups is 1. The van der Waals surface area contributed by atoms with Crippen LogP contribution in [0.3, 0.4) is 0 Å². The van der Waals surface area contributed by atoms with E-state index in [0.29, 0.717) is 0 Å². The van der Waals surface area contributed by atoms with Gasteiger partial charge in [0.25, 0.3) is 0 Å². The van der Waals surface area contributed by atoms with Gasteiger partial charge in [-0.3, -0.25) is 4.79 Å². The molecule has 0 unspecified atom stereocenters. The fraction of sp³-hybridized carbons (Fsp3) is 0.125. The first-order valence-electron chi connectivity index (χ1n) is 9.01. The average molecular weight is 339 g/mol. The average Bonchev–Trinajstić information content (AvgIpc) is 3.06. The molecular formula is C24H21NO. The molecule has 0 saturated heterocycles. The Bertz CT molecular complexity index is 1100. The lowest BCUT2D eigenvalue weighted by atomic mass is 9.97. The second-order valence-corrected chi connectivity index (χ2v) is 6.54. The second kappa shape index (κ2) is 7.01. The van der Waals surface area contributed by atoms with E-state index in [-0.39, 0.29) is 5.78 Å². The minimum absolute atomic E-state index is 0.0838. The standard InChI is InChI=1S/C24H21NO/c1-2-3-8-16-25-17-22(20-13-6-7-15-23(20)25)24(26)21-14-9-11-18-10-4-5-12-19(18)21/h2,4-7,9-15,17H,1,3,8,16H2. The summed E-state index contributed by atoms with van der Waals surface area (Å²) in [5.74, 6) is 0.0838. The molecule has 0 aliphatic carbocycles. The summed E-state index contributed by atoms with van der Waals surface area (Å²) in [5.41, 5.74) is 2.65. The zero-order chi connectivity index (χ0) is 17.9. The van der Waals surface area contributed by atoms with Gasteiger partial charge in [0.15, 0.2) is 5.78 Å². The molecule has 2 nitrogen and oxygen atoms in total. The minimum Gasteiger partial charge on any atom is -0.347 e. The number of rotatable bonds is 6. The lowest BCUT2D eigenvalue weighted by Crippen LogP contribution is -2.02. The molecule has 0 bridgehead atoms. The number of carbonyl (C=O) groups excluding carboxylic acids is 1. The Balaban J connectivity index is 1.83. The Morgan fingerprint density at radius 3 is 2.46 bits per heavy atom. The third kappa shape index (κ3) is 2.84. The number of hydrogen-bond donors (Lipinski definition) is 0. The van der Waals surface area contributed by atoms with Gasteiger partial charge in [-0.25, -0.2) is 0 Å². The number of aromatic nitrogens is 1. The third-order valence-electron chi connectivity index (χ3n) is 4.87. The molecule has 0 radical (unpaired) electrons. The van der Waals surface area contributed by atoms with Gasteiger partial charge in [-0.05, 0) is 29.7 Å². The molecule has 128 valence electrons. The number of unbranched alkanes of at least 4 members (excludes halogenated alkanes) is 1. The smallest absolute Gasteiger partial charge is 0.195 e. The van der Waals surface area contributed by atoms with Crippen LogP contribution in [0.1, 0.15) is 28.8 Å². The van der Waals surface area contributed by atoms with Crippen LogP contribution in [0.2, 0.25) is 0 Å². The van der Waals surface area contributed by atoms with Crippen molar-refractivity contribution < 1.29 is 4.79 Å². The van der Waals surface area contributed by atoms with Crippen LogP contribution < -0.4 is 0 Å². The van der Waals surface area contributed by atoms with Gasteiger partial charge in [-0.15, -0.1) is 6.58 Å². The molecule has 1 heterocycles. The van der Waals surface area contributed by atoms with E-state index < -0.39 is 0 Å². The van der Waals surface area contributed by atoms with Crippen LogP contribution in [-0.2, 0) is 6.54 Å². The fourth-order valence-corrected chi connectivity index (χ4v) is 3.59. The Morgan fingerprint density at radius 1 is 0.885 bits per heavy atom. The molecule has 1 aromatic heterocycles. The second-order valence-electron chi connectivity index (χ2n) is 6.54. The summed E-state index contributed by atoms with van der Waals surface area (Å²) in [5, 5.41) is 3.11. The third-order valence-corrected chi connectivity index (χ3v) is 4.87. The minimum atomic E-state index is 0.0838. The quantitative estimate of drug-likeness (QED) is 0.240. The van der Waals surface area contributed by atoms with Gasteiger partial charge in [0.2, 0.25) is 0 Å². The van der Waals surface area contributed by atoms with E-state index in [9.17, 15) is 4.79 Å². The van der Waals surface area contributed by atoms with Crippen molar-refractivity contribution in [3.05, 3.63) is 96.7 Å². The highest BCUT2D eigenvalue weighted by Gasteiger charge is 2.18. The van der Waals surface area contributed by atoms with Gasteiger partial charge in [0.05, 0.1) is 0 Å². The van der Waals surface area contributed by atoms with Crippen LogP contribution in [0.25, 0.3) is 21.7 Å². The summed E-state index contributed by atoms with van der Waals surface area (Å²) in [4.78, 5) is 13.4. The first kappa shape index (κ1) is 16.3. The summed E-state index contributed by atoms with van der Waals surface area (Å²) in [7, 11) is 0. The molecule has 0 amide bonds. The highest BCUT2D eigenvalue weighted by molar-refractivity contribution is 6.21. The van der Waals surface area contributed by atoms with Gasteiger partial charge in [0.1, 0.15) is 0 Å². The topological polar surface area (TPSA) is 22.0 Å². The Labute approximate surface area is 153 Å². The van der Waals surface area contributed by atoms with Crippen molar-refractivity contribution in [2.45, 2.75) is 19.4 Å². The molecule has 3 aromatic carbocycles. The molecule has 0 aliphatic heterocycles. The molecule has 0 N–H and O–H groups in total. The summed E-state index contributed by atoms with van der Waals surface area (Å²) in [6.07, 6.45) is 5.94. The lowest BCUT2D eigenvalue weighted by Gasteiger charge is -2.05. The molecule has 4 aromatic rings. The van der Waals surface area contributed by atoms with Gasteiger partial charge in [-0.1, -0.05) is 66.7 Å². The van der Waals surface area contributed by atoms with Gasteiger partial charge >= 0.3 is 0 Å². The SMILES string of the molecule is C=CCCCn1cc(C(=O)c2cccc3ccccc23)c2ccccc21. The zero-order valence-corrected chi connectivity index (χ0v) is 14.7. The number of benzene rings is 3. The van der Waals surface area contributed by atoms with Crippen LogP contribution in [-0.4, -0.2) is 10.4 Å². The predicted octanol–water partition coefficient (Wildman–Crippen LogP) is 5.99. The summed E-state index contributed by atoms with van der Waals surface area (Å²) in [6.45, 7) is 4.68. The molecule has 0 atom stereocenters. The highest BCUT2D eigenvalue weighted by Crippen LogP contribution is 2.27. The van der Waals surface area contributed by atoms with E-state index in [1.54, 1.807) is 0 Å². The molecule has 0 fully saturated rings. The monoisotopic (exact) mass is 339 g/mol. The lowest BCUT2D eigenvalue weighted by molar-refractivity contribution is 0.104. The predicted molar refractivity (Wildman–Crippen MR) is 109 cm³/mol. The maximum Gasteiger partial charge on any atom is 0.195 e. The molecule has 0 aliphatic rings. The molecule has 0 spiro atoms. The maximum atomic E-state index is 13.4. The van der Waals surface area contributed by atoms with E-state index in [1.807, 2.05) is 72.9 Å². The van der Waals surface area contributed by atoms with Gasteiger partial charge in [-0.2, -0.15) is 0 Å². The summed E-state index contributed by atoms with van der Waals surface area (Å²) >= 11 is 0. The number of fused-ring (bicyclic) bond motifs is 2. The molecular weight excluding hydrogens is 318 g/mol. The van der Waals surface area contributed by atoms with E-state index in [4.69, 9.17) is 0 Å². The number of hydrogen-bond acceptors (Lipinski definition) is 1.